The first-order valence-electron chi connectivity index (χ1n) is 10.9. The normalized spacial score (nSPS) is 12.5. The predicted molar refractivity (Wildman–Crippen MR) is 132 cm³/mol. The molecule has 0 heterocycles. The third-order valence-electron chi connectivity index (χ3n) is 4.91. The summed E-state index contributed by atoms with van der Waals surface area (Å²) in [6.07, 6.45) is 4.86. The van der Waals surface area contributed by atoms with Crippen molar-refractivity contribution < 1.29 is 29.0 Å². The van der Waals surface area contributed by atoms with Crippen molar-refractivity contribution in [2.45, 2.75) is 52.3 Å². The standard InChI is InChI=1S/C26H31N3O6/c1-8-29(24(32)17(3)27-25(33)35-26(4,5)6)21(20-11-9-10-16(2)22(20)30)23(31)28-18-12-14-19(34-7)15-13-18/h1,9-15,17,21,30H,2-7H3,(H,27,33)(H,28,31). The monoisotopic (exact) mass is 481 g/mol. The van der Waals surface area contributed by atoms with Crippen LogP contribution in [0.5, 0.6) is 11.5 Å². The molecular weight excluding hydrogens is 450 g/mol. The van der Waals surface area contributed by atoms with Crippen molar-refractivity contribution >= 4 is 23.6 Å². The first-order valence-corrected chi connectivity index (χ1v) is 10.9. The number of rotatable bonds is 7. The van der Waals surface area contributed by atoms with Crippen LogP contribution in [-0.2, 0) is 14.3 Å². The van der Waals surface area contributed by atoms with E-state index in [0.717, 1.165) is 4.90 Å². The lowest BCUT2D eigenvalue weighted by Gasteiger charge is -2.29. The number of amides is 3. The molecule has 0 radical (unpaired) electrons. The van der Waals surface area contributed by atoms with Gasteiger partial charge in [-0.25, -0.2) is 4.79 Å². The molecular formula is C26H31N3O6. The van der Waals surface area contributed by atoms with Crippen LogP contribution in [0.25, 0.3) is 0 Å². The lowest BCUT2D eigenvalue weighted by molar-refractivity contribution is -0.136. The number of phenols is 1. The molecule has 0 aromatic heterocycles. The number of carbonyl (C=O) groups is 3. The van der Waals surface area contributed by atoms with E-state index in [-0.39, 0.29) is 11.3 Å². The molecule has 2 atom stereocenters. The van der Waals surface area contributed by atoms with Gasteiger partial charge in [-0.15, -0.1) is 0 Å². The van der Waals surface area contributed by atoms with E-state index >= 15 is 0 Å². The predicted octanol–water partition coefficient (Wildman–Crippen LogP) is 3.72. The molecule has 0 fully saturated rings. The Bertz CT molecular complexity index is 1120. The van der Waals surface area contributed by atoms with Gasteiger partial charge in [0.1, 0.15) is 23.1 Å². The summed E-state index contributed by atoms with van der Waals surface area (Å²) in [5.41, 5.74) is 0.283. The quantitative estimate of drug-likeness (QED) is 0.410. The zero-order valence-electron chi connectivity index (χ0n) is 20.7. The molecule has 9 heteroatoms. The smallest absolute Gasteiger partial charge is 0.408 e. The summed E-state index contributed by atoms with van der Waals surface area (Å²) in [7, 11) is 1.52. The van der Waals surface area contributed by atoms with Gasteiger partial charge in [0.05, 0.1) is 7.11 Å². The van der Waals surface area contributed by atoms with Crippen LogP contribution in [0.1, 0.15) is 44.9 Å². The van der Waals surface area contributed by atoms with Crippen LogP contribution < -0.4 is 15.4 Å². The number of nitrogens with one attached hydrogen (secondary N) is 2. The van der Waals surface area contributed by atoms with Crippen LogP contribution in [0.2, 0.25) is 0 Å². The van der Waals surface area contributed by atoms with E-state index in [4.69, 9.17) is 15.9 Å². The number of benzene rings is 2. The zero-order chi connectivity index (χ0) is 26.3. The summed E-state index contributed by atoms with van der Waals surface area (Å²) in [4.78, 5) is 39.7. The van der Waals surface area contributed by atoms with Gasteiger partial charge in [0.2, 0.25) is 0 Å². The highest BCUT2D eigenvalue weighted by molar-refractivity contribution is 6.00. The number of nitrogens with zero attached hydrogens (tertiary/aromatic N) is 1. The lowest BCUT2D eigenvalue weighted by atomic mass is 9.99. The van der Waals surface area contributed by atoms with Crippen LogP contribution in [0.4, 0.5) is 10.5 Å². The summed E-state index contributed by atoms with van der Waals surface area (Å²) in [5, 5.41) is 15.8. The highest BCUT2D eigenvalue weighted by Gasteiger charge is 2.36. The van der Waals surface area contributed by atoms with E-state index in [1.54, 1.807) is 64.1 Å². The van der Waals surface area contributed by atoms with Gasteiger partial charge in [-0.1, -0.05) is 24.6 Å². The first-order chi connectivity index (χ1) is 16.4. The Balaban J connectivity index is 2.40. The minimum absolute atomic E-state index is 0.131. The average molecular weight is 482 g/mol. The molecule has 186 valence electrons. The van der Waals surface area contributed by atoms with Gasteiger partial charge in [-0.2, -0.15) is 0 Å². The van der Waals surface area contributed by atoms with Crippen molar-refractivity contribution in [2.24, 2.45) is 0 Å². The molecule has 35 heavy (non-hydrogen) atoms. The Hall–Kier alpha value is -4.19. The summed E-state index contributed by atoms with van der Waals surface area (Å²) in [6.45, 7) is 8.14. The fourth-order valence-electron chi connectivity index (χ4n) is 3.20. The fraction of sp³-hybridized carbons (Fsp3) is 0.346. The molecule has 2 aromatic rings. The molecule has 3 amide bonds. The highest BCUT2D eigenvalue weighted by atomic mass is 16.6. The summed E-state index contributed by atoms with van der Waals surface area (Å²) in [5.74, 6) is -0.984. The number of aryl methyl sites for hydroxylation is 1. The molecule has 2 aromatic carbocycles. The Morgan fingerprint density at radius 3 is 2.29 bits per heavy atom. The molecule has 0 saturated heterocycles. The third-order valence-corrected chi connectivity index (χ3v) is 4.91. The van der Waals surface area contributed by atoms with Gasteiger partial charge in [0.25, 0.3) is 11.8 Å². The number of anilines is 1. The van der Waals surface area contributed by atoms with E-state index in [0.29, 0.717) is 17.0 Å². The van der Waals surface area contributed by atoms with Crippen LogP contribution in [0.3, 0.4) is 0 Å². The number of phenolic OH excluding ortho intramolecular Hbond substituents is 1. The number of methoxy groups -OCH3 is 1. The minimum Gasteiger partial charge on any atom is -0.507 e. The zero-order valence-corrected chi connectivity index (χ0v) is 20.7. The number of terminal acetylenes is 1. The second-order valence-electron chi connectivity index (χ2n) is 8.84. The number of ether oxygens (including phenoxy) is 2. The van der Waals surface area contributed by atoms with Gasteiger partial charge in [0.15, 0.2) is 6.04 Å². The van der Waals surface area contributed by atoms with Crippen molar-refractivity contribution in [1.82, 2.24) is 10.2 Å². The number of alkyl carbamates (subject to hydrolysis) is 1. The van der Waals surface area contributed by atoms with Crippen molar-refractivity contribution in [1.29, 1.82) is 0 Å². The highest BCUT2D eigenvalue weighted by Crippen LogP contribution is 2.32. The minimum atomic E-state index is -1.39. The van der Waals surface area contributed by atoms with Crippen LogP contribution >= 0.6 is 0 Å². The largest absolute Gasteiger partial charge is 0.507 e. The number of para-hydroxylation sites is 1. The second kappa shape index (κ2) is 11.3. The van der Waals surface area contributed by atoms with E-state index in [1.807, 2.05) is 0 Å². The van der Waals surface area contributed by atoms with Crippen molar-refractivity contribution in [3.63, 3.8) is 0 Å². The topological polar surface area (TPSA) is 117 Å². The van der Waals surface area contributed by atoms with Crippen LogP contribution in [0, 0.1) is 19.4 Å². The van der Waals surface area contributed by atoms with Gasteiger partial charge in [0, 0.05) is 17.3 Å². The number of carbonyl (C=O) groups excluding carboxylic acids is 3. The number of aromatic hydroxyl groups is 1. The Morgan fingerprint density at radius 1 is 1.11 bits per heavy atom. The molecule has 0 bridgehead atoms. The van der Waals surface area contributed by atoms with Gasteiger partial charge >= 0.3 is 6.09 Å². The average Bonchev–Trinajstić information content (AvgIpc) is 2.78. The Kier molecular flexibility index (Phi) is 8.73. The van der Waals surface area contributed by atoms with Crippen LogP contribution in [-0.4, -0.2) is 46.7 Å². The molecule has 2 rings (SSSR count). The third kappa shape index (κ3) is 7.14. The molecule has 0 aliphatic heterocycles. The summed E-state index contributed by atoms with van der Waals surface area (Å²) < 4.78 is 10.3. The van der Waals surface area contributed by atoms with Gasteiger partial charge in [-0.05, 0) is 64.4 Å². The summed E-state index contributed by atoms with van der Waals surface area (Å²) in [6, 6.07) is 11.1. The second-order valence-corrected chi connectivity index (χ2v) is 8.84. The van der Waals surface area contributed by atoms with Crippen molar-refractivity contribution in [3.8, 4) is 24.0 Å². The molecule has 2 unspecified atom stereocenters. The molecule has 9 nitrogen and oxygen atoms in total. The van der Waals surface area contributed by atoms with E-state index in [1.165, 1.54) is 20.1 Å². The molecule has 0 saturated carbocycles. The molecule has 0 aliphatic rings. The lowest BCUT2D eigenvalue weighted by Crippen LogP contribution is -2.49. The molecule has 0 spiro atoms. The molecule has 0 aliphatic carbocycles. The molecule has 3 N–H and O–H groups in total. The Morgan fingerprint density at radius 2 is 1.74 bits per heavy atom. The van der Waals surface area contributed by atoms with E-state index < -0.39 is 35.6 Å². The maximum atomic E-state index is 13.4. The Labute approximate surface area is 205 Å². The van der Waals surface area contributed by atoms with Crippen molar-refractivity contribution in [3.05, 3.63) is 53.6 Å². The van der Waals surface area contributed by atoms with Crippen LogP contribution in [0.15, 0.2) is 42.5 Å². The van der Waals surface area contributed by atoms with E-state index in [9.17, 15) is 19.5 Å². The summed E-state index contributed by atoms with van der Waals surface area (Å²) >= 11 is 0. The number of hydrogen-bond donors (Lipinski definition) is 3. The van der Waals surface area contributed by atoms with Crippen molar-refractivity contribution in [2.75, 3.05) is 12.4 Å². The number of hydrogen-bond acceptors (Lipinski definition) is 6. The maximum Gasteiger partial charge on any atom is 0.408 e. The maximum absolute atomic E-state index is 13.4. The van der Waals surface area contributed by atoms with Gasteiger partial charge < -0.3 is 25.2 Å². The SMILES string of the molecule is C#CN(C(=O)C(C)NC(=O)OC(C)(C)C)C(C(=O)Nc1ccc(OC)cc1)c1cccc(C)c1O. The van der Waals surface area contributed by atoms with Gasteiger partial charge in [-0.3, -0.25) is 14.5 Å². The fourth-order valence-corrected chi connectivity index (χ4v) is 3.20. The first kappa shape index (κ1) is 27.1. The van der Waals surface area contributed by atoms with E-state index in [2.05, 4.69) is 16.7 Å².